The molecule has 7 nitrogen and oxygen atoms in total. The zero-order valence-corrected chi connectivity index (χ0v) is 15.5. The highest BCUT2D eigenvalue weighted by atomic mass is 16.6. The van der Waals surface area contributed by atoms with Crippen molar-refractivity contribution in [3.05, 3.63) is 18.0 Å². The molecule has 0 atom stereocenters. The Morgan fingerprint density at radius 1 is 1.32 bits per heavy atom. The van der Waals surface area contributed by atoms with E-state index < -0.39 is 11.7 Å². The van der Waals surface area contributed by atoms with E-state index in [2.05, 4.69) is 10.3 Å². The molecule has 1 aliphatic heterocycles. The molecule has 0 spiro atoms. The number of aromatic nitrogens is 1. The summed E-state index contributed by atoms with van der Waals surface area (Å²) >= 11 is 0. The number of carbonyl (C=O) groups is 2. The minimum Gasteiger partial charge on any atom is -0.506 e. The van der Waals surface area contributed by atoms with Crippen LogP contribution in [0.2, 0.25) is 0 Å². The van der Waals surface area contributed by atoms with Gasteiger partial charge in [-0.3, -0.25) is 4.79 Å². The number of amides is 1. The van der Waals surface area contributed by atoms with Crippen LogP contribution in [-0.2, 0) is 4.74 Å². The molecule has 2 heterocycles. The minimum absolute atomic E-state index is 0.0280. The van der Waals surface area contributed by atoms with Crippen molar-refractivity contribution in [1.29, 1.82) is 0 Å². The Morgan fingerprint density at radius 3 is 2.44 bits per heavy atom. The quantitative estimate of drug-likeness (QED) is 0.815. The summed E-state index contributed by atoms with van der Waals surface area (Å²) in [5, 5.41) is 12.7. The van der Waals surface area contributed by atoms with Crippen LogP contribution >= 0.6 is 0 Å². The van der Waals surface area contributed by atoms with Gasteiger partial charge in [0, 0.05) is 31.6 Å². The van der Waals surface area contributed by atoms with E-state index in [0.29, 0.717) is 37.3 Å². The second-order valence-corrected chi connectivity index (χ2v) is 7.79. The van der Waals surface area contributed by atoms with Gasteiger partial charge in [0.05, 0.1) is 11.9 Å². The van der Waals surface area contributed by atoms with E-state index in [-0.39, 0.29) is 17.1 Å². The van der Waals surface area contributed by atoms with Crippen LogP contribution in [0.4, 0.5) is 10.5 Å². The number of pyridine rings is 1. The first-order valence-electron chi connectivity index (χ1n) is 8.45. The van der Waals surface area contributed by atoms with E-state index in [9.17, 15) is 14.7 Å². The number of Topliss-reactive ketones (excluding diaryl/α,β-unsaturated/α-hetero) is 1. The van der Waals surface area contributed by atoms with Crippen molar-refractivity contribution in [2.24, 2.45) is 0 Å². The normalized spacial score (nSPS) is 17.1. The third kappa shape index (κ3) is 5.08. The Balaban J connectivity index is 2.05. The van der Waals surface area contributed by atoms with E-state index in [1.54, 1.807) is 6.07 Å². The predicted molar refractivity (Wildman–Crippen MR) is 95.1 cm³/mol. The number of nitrogens with zero attached hydrogens (tertiary/aromatic N) is 2. The molecule has 1 aromatic rings. The maximum Gasteiger partial charge on any atom is 0.408 e. The SMILES string of the molecule is CC(=O)c1ncc(O)cc1N1CCC(C)(NC(=O)OC(C)(C)C)CC1. The van der Waals surface area contributed by atoms with Gasteiger partial charge in [0.25, 0.3) is 0 Å². The van der Waals surface area contributed by atoms with Gasteiger partial charge in [0.1, 0.15) is 17.0 Å². The zero-order valence-electron chi connectivity index (χ0n) is 15.5. The molecule has 2 rings (SSSR count). The van der Waals surface area contributed by atoms with Crippen LogP contribution < -0.4 is 10.2 Å². The molecule has 0 saturated carbocycles. The second-order valence-electron chi connectivity index (χ2n) is 7.79. The van der Waals surface area contributed by atoms with Crippen LogP contribution in [-0.4, -0.2) is 46.2 Å². The summed E-state index contributed by atoms with van der Waals surface area (Å²) in [5.41, 5.74) is 0.0675. The third-order valence-electron chi connectivity index (χ3n) is 4.20. The number of anilines is 1. The summed E-state index contributed by atoms with van der Waals surface area (Å²) in [6.45, 7) is 10.2. The monoisotopic (exact) mass is 349 g/mol. The van der Waals surface area contributed by atoms with Gasteiger partial charge < -0.3 is 20.1 Å². The molecule has 1 amide bonds. The Bertz CT molecular complexity index is 659. The van der Waals surface area contributed by atoms with Crippen molar-refractivity contribution in [1.82, 2.24) is 10.3 Å². The van der Waals surface area contributed by atoms with Crippen molar-refractivity contribution >= 4 is 17.6 Å². The molecule has 1 aliphatic rings. The summed E-state index contributed by atoms with van der Waals surface area (Å²) in [6.07, 6.45) is 2.24. The Morgan fingerprint density at radius 2 is 1.92 bits per heavy atom. The van der Waals surface area contributed by atoms with E-state index in [1.807, 2.05) is 32.6 Å². The molecule has 2 N–H and O–H groups in total. The number of carbonyl (C=O) groups excluding carboxylic acids is 2. The van der Waals surface area contributed by atoms with E-state index in [0.717, 1.165) is 0 Å². The molecule has 1 fully saturated rings. The summed E-state index contributed by atoms with van der Waals surface area (Å²) in [7, 11) is 0. The first-order chi connectivity index (χ1) is 11.5. The predicted octanol–water partition coefficient (Wildman–Crippen LogP) is 2.87. The molecule has 1 aromatic heterocycles. The fourth-order valence-electron chi connectivity index (χ4n) is 2.87. The van der Waals surface area contributed by atoms with Crippen molar-refractivity contribution in [2.45, 2.75) is 58.6 Å². The summed E-state index contributed by atoms with van der Waals surface area (Å²) in [5.74, 6) is -0.115. The largest absolute Gasteiger partial charge is 0.506 e. The number of alkyl carbamates (subject to hydrolysis) is 1. The zero-order chi connectivity index (χ0) is 18.8. The van der Waals surface area contributed by atoms with Gasteiger partial charge in [-0.2, -0.15) is 0 Å². The van der Waals surface area contributed by atoms with Crippen LogP contribution in [0.3, 0.4) is 0 Å². The first-order valence-corrected chi connectivity index (χ1v) is 8.45. The van der Waals surface area contributed by atoms with Gasteiger partial charge in [-0.1, -0.05) is 0 Å². The first kappa shape index (κ1) is 19.0. The van der Waals surface area contributed by atoms with Crippen molar-refractivity contribution in [3.8, 4) is 5.75 Å². The standard InChI is InChI=1S/C18H27N3O4/c1-12(22)15-14(10-13(23)11-19-15)21-8-6-18(5,7-9-21)20-16(24)25-17(2,3)4/h10-11,23H,6-9H2,1-5H3,(H,20,24). The highest BCUT2D eigenvalue weighted by Crippen LogP contribution is 2.30. The average molecular weight is 349 g/mol. The molecule has 1 saturated heterocycles. The van der Waals surface area contributed by atoms with Gasteiger partial charge >= 0.3 is 6.09 Å². The van der Waals surface area contributed by atoms with Gasteiger partial charge in [-0.15, -0.1) is 0 Å². The lowest BCUT2D eigenvalue weighted by Gasteiger charge is -2.41. The van der Waals surface area contributed by atoms with Crippen LogP contribution in [0, 0.1) is 0 Å². The molecular formula is C18H27N3O4. The second kappa shape index (κ2) is 6.90. The lowest BCUT2D eigenvalue weighted by atomic mass is 9.89. The van der Waals surface area contributed by atoms with Gasteiger partial charge in [0.2, 0.25) is 0 Å². The lowest BCUT2D eigenvalue weighted by Crippen LogP contribution is -2.54. The van der Waals surface area contributed by atoms with Crippen LogP contribution in [0.1, 0.15) is 57.9 Å². The number of aromatic hydroxyl groups is 1. The molecule has 0 aliphatic carbocycles. The average Bonchev–Trinajstić information content (AvgIpc) is 2.45. The Labute approximate surface area is 148 Å². The molecule has 138 valence electrons. The maximum atomic E-state index is 12.0. The molecule has 0 aromatic carbocycles. The topological polar surface area (TPSA) is 91.8 Å². The maximum absolute atomic E-state index is 12.0. The highest BCUT2D eigenvalue weighted by Gasteiger charge is 2.34. The highest BCUT2D eigenvalue weighted by molar-refractivity contribution is 5.98. The fourth-order valence-corrected chi connectivity index (χ4v) is 2.87. The van der Waals surface area contributed by atoms with E-state index in [4.69, 9.17) is 4.74 Å². The smallest absolute Gasteiger partial charge is 0.408 e. The Hall–Kier alpha value is -2.31. The fraction of sp³-hybridized carbons (Fsp3) is 0.611. The van der Waals surface area contributed by atoms with Gasteiger partial charge in [0.15, 0.2) is 5.78 Å². The molecule has 7 heteroatoms. The molecular weight excluding hydrogens is 322 g/mol. The van der Waals surface area contributed by atoms with E-state index in [1.165, 1.54) is 13.1 Å². The lowest BCUT2D eigenvalue weighted by molar-refractivity contribution is 0.0448. The molecule has 0 radical (unpaired) electrons. The van der Waals surface area contributed by atoms with Crippen LogP contribution in [0.15, 0.2) is 12.3 Å². The van der Waals surface area contributed by atoms with Crippen molar-refractivity contribution in [2.75, 3.05) is 18.0 Å². The summed E-state index contributed by atoms with van der Waals surface area (Å²) in [4.78, 5) is 29.9. The van der Waals surface area contributed by atoms with Gasteiger partial charge in [-0.25, -0.2) is 9.78 Å². The molecule has 0 bridgehead atoms. The number of ether oxygens (including phenoxy) is 1. The number of hydrogen-bond acceptors (Lipinski definition) is 6. The number of nitrogens with one attached hydrogen (secondary N) is 1. The number of piperidine rings is 1. The van der Waals surface area contributed by atoms with Crippen LogP contribution in [0.25, 0.3) is 0 Å². The number of rotatable bonds is 3. The molecule has 25 heavy (non-hydrogen) atoms. The van der Waals surface area contributed by atoms with Gasteiger partial charge in [-0.05, 0) is 40.5 Å². The summed E-state index contributed by atoms with van der Waals surface area (Å²) < 4.78 is 5.33. The molecule has 0 unspecified atom stereocenters. The van der Waals surface area contributed by atoms with Crippen molar-refractivity contribution in [3.63, 3.8) is 0 Å². The number of ketones is 1. The van der Waals surface area contributed by atoms with E-state index >= 15 is 0 Å². The summed E-state index contributed by atoms with van der Waals surface area (Å²) in [6, 6.07) is 1.56. The van der Waals surface area contributed by atoms with Crippen molar-refractivity contribution < 1.29 is 19.4 Å². The Kier molecular flexibility index (Phi) is 5.25. The van der Waals surface area contributed by atoms with Crippen LogP contribution in [0.5, 0.6) is 5.75 Å². The third-order valence-corrected chi connectivity index (χ3v) is 4.20. The minimum atomic E-state index is -0.537. The number of hydrogen-bond donors (Lipinski definition) is 2.